The lowest BCUT2D eigenvalue weighted by molar-refractivity contribution is 0.561. The van der Waals surface area contributed by atoms with E-state index >= 15 is 0 Å². The smallest absolute Gasteiger partial charge is 0.00418 e. The van der Waals surface area contributed by atoms with E-state index in [-0.39, 0.29) is 0 Å². The van der Waals surface area contributed by atoms with Crippen molar-refractivity contribution in [1.82, 2.24) is 0 Å². The summed E-state index contributed by atoms with van der Waals surface area (Å²) < 4.78 is 0. The summed E-state index contributed by atoms with van der Waals surface area (Å²) >= 11 is 0. The minimum atomic E-state index is 0.314. The summed E-state index contributed by atoms with van der Waals surface area (Å²) in [5, 5.41) is 0. The number of rotatable bonds is 19. The van der Waals surface area contributed by atoms with Crippen LogP contribution in [0.4, 0.5) is 0 Å². The Bertz CT molecular complexity index is 2060. The molecule has 1 atom stereocenters. The standard InChI is InChI=1S/C54H57N/c1-2-8-54(55)42-41-53-39-37-52(38-40-53)36-35-51-31-22-47(23-32-51)14-7-13-46-20-29-50(30-21-46)34-33-49-27-18-45(19-28-49)12-6-11-44-16-25-48(26-17-44)24-15-43-9-4-3-5-10-43/h3-5,9-10,15-40,54H,2,6-8,11-14,41-42,55H2,1H3/b24-15+,34-33+,36-35+. The van der Waals surface area contributed by atoms with Gasteiger partial charge in [-0.15, -0.1) is 0 Å². The third kappa shape index (κ3) is 13.7. The summed E-state index contributed by atoms with van der Waals surface area (Å²) in [4.78, 5) is 0. The normalized spacial score (nSPS) is 12.3. The van der Waals surface area contributed by atoms with Gasteiger partial charge in [0.25, 0.3) is 0 Å². The Morgan fingerprint density at radius 2 is 0.618 bits per heavy atom. The van der Waals surface area contributed by atoms with Crippen LogP contribution < -0.4 is 5.73 Å². The molecular formula is C54H57N. The maximum absolute atomic E-state index is 6.19. The Labute approximate surface area is 331 Å². The van der Waals surface area contributed by atoms with Crippen LogP contribution in [-0.2, 0) is 32.1 Å². The number of aryl methyl sites for hydroxylation is 5. The monoisotopic (exact) mass is 719 g/mol. The molecule has 0 saturated carbocycles. The highest BCUT2D eigenvalue weighted by Gasteiger charge is 2.03. The summed E-state index contributed by atoms with van der Waals surface area (Å²) in [5.41, 5.74) is 20.5. The molecule has 0 aliphatic rings. The Balaban J connectivity index is 0.871. The molecule has 6 aromatic carbocycles. The maximum Gasteiger partial charge on any atom is 0.00418 e. The van der Waals surface area contributed by atoms with Gasteiger partial charge in [-0.2, -0.15) is 0 Å². The first-order chi connectivity index (χ1) is 27.1. The lowest BCUT2D eigenvalue weighted by Crippen LogP contribution is -2.20. The van der Waals surface area contributed by atoms with Crippen LogP contribution >= 0.6 is 0 Å². The Hall–Kier alpha value is -5.50. The average molecular weight is 720 g/mol. The molecule has 0 aromatic heterocycles. The summed E-state index contributed by atoms with van der Waals surface area (Å²) in [7, 11) is 0. The molecule has 0 heterocycles. The van der Waals surface area contributed by atoms with Crippen molar-refractivity contribution in [2.75, 3.05) is 0 Å². The van der Waals surface area contributed by atoms with Crippen molar-refractivity contribution in [2.45, 2.75) is 77.2 Å². The van der Waals surface area contributed by atoms with Crippen molar-refractivity contribution >= 4 is 36.5 Å². The number of hydrogen-bond donors (Lipinski definition) is 1. The molecule has 0 bridgehead atoms. The minimum absolute atomic E-state index is 0.314. The number of hydrogen-bond acceptors (Lipinski definition) is 1. The molecule has 1 heteroatoms. The van der Waals surface area contributed by atoms with E-state index in [2.05, 4.69) is 195 Å². The molecule has 6 aromatic rings. The maximum atomic E-state index is 6.19. The van der Waals surface area contributed by atoms with Crippen LogP contribution in [0.2, 0.25) is 0 Å². The van der Waals surface area contributed by atoms with Crippen LogP contribution in [0.5, 0.6) is 0 Å². The lowest BCUT2D eigenvalue weighted by atomic mass is 10.0. The van der Waals surface area contributed by atoms with Gasteiger partial charge in [0.2, 0.25) is 0 Å². The molecule has 0 aliphatic carbocycles. The third-order valence-corrected chi connectivity index (χ3v) is 10.4. The predicted molar refractivity (Wildman–Crippen MR) is 241 cm³/mol. The van der Waals surface area contributed by atoms with Crippen molar-refractivity contribution in [3.8, 4) is 0 Å². The van der Waals surface area contributed by atoms with Gasteiger partial charge in [0.05, 0.1) is 0 Å². The van der Waals surface area contributed by atoms with Crippen molar-refractivity contribution in [2.24, 2.45) is 5.73 Å². The molecule has 1 unspecified atom stereocenters. The van der Waals surface area contributed by atoms with E-state index in [1.165, 1.54) is 61.2 Å². The fourth-order valence-corrected chi connectivity index (χ4v) is 6.98. The molecule has 0 aliphatic heterocycles. The van der Waals surface area contributed by atoms with E-state index in [0.29, 0.717) is 6.04 Å². The first-order valence-corrected chi connectivity index (χ1v) is 20.4. The largest absolute Gasteiger partial charge is 0.328 e. The zero-order chi connectivity index (χ0) is 37.9. The van der Waals surface area contributed by atoms with E-state index < -0.39 is 0 Å². The van der Waals surface area contributed by atoms with Crippen molar-refractivity contribution in [3.05, 3.63) is 213 Å². The molecular weight excluding hydrogens is 663 g/mol. The van der Waals surface area contributed by atoms with Gasteiger partial charge < -0.3 is 5.73 Å². The zero-order valence-corrected chi connectivity index (χ0v) is 32.6. The zero-order valence-electron chi connectivity index (χ0n) is 32.6. The first-order valence-electron chi connectivity index (χ1n) is 20.4. The SMILES string of the molecule is CCCC(N)CCc1ccc(/C=C/c2ccc(CCCc3ccc(/C=C/c4ccc(CCCc5ccc(/C=C/c6ccccc6)cc5)cc4)cc3)cc2)cc1. The highest BCUT2D eigenvalue weighted by molar-refractivity contribution is 5.71. The van der Waals surface area contributed by atoms with Gasteiger partial charge in [-0.25, -0.2) is 0 Å². The van der Waals surface area contributed by atoms with E-state index in [9.17, 15) is 0 Å². The molecule has 0 fully saturated rings. The van der Waals surface area contributed by atoms with Crippen molar-refractivity contribution in [1.29, 1.82) is 0 Å². The van der Waals surface area contributed by atoms with Gasteiger partial charge in [-0.05, 0) is 119 Å². The molecule has 2 N–H and O–H groups in total. The highest BCUT2D eigenvalue weighted by atomic mass is 14.6. The second-order valence-corrected chi connectivity index (χ2v) is 14.9. The van der Waals surface area contributed by atoms with Crippen molar-refractivity contribution < 1.29 is 0 Å². The Morgan fingerprint density at radius 1 is 0.345 bits per heavy atom. The van der Waals surface area contributed by atoms with Gasteiger partial charge in [0, 0.05) is 6.04 Å². The molecule has 278 valence electrons. The van der Waals surface area contributed by atoms with Gasteiger partial charge >= 0.3 is 0 Å². The molecule has 1 nitrogen and oxygen atoms in total. The molecule has 0 radical (unpaired) electrons. The van der Waals surface area contributed by atoms with Crippen LogP contribution in [0, 0.1) is 0 Å². The topological polar surface area (TPSA) is 26.0 Å². The Morgan fingerprint density at radius 3 is 0.909 bits per heavy atom. The summed E-state index contributed by atoms with van der Waals surface area (Å²) in [6.07, 6.45) is 24.2. The Kier molecular flexibility index (Phi) is 15.3. The van der Waals surface area contributed by atoms with Crippen LogP contribution in [0.25, 0.3) is 36.5 Å². The number of benzene rings is 6. The van der Waals surface area contributed by atoms with Crippen molar-refractivity contribution in [3.63, 3.8) is 0 Å². The van der Waals surface area contributed by atoms with Gasteiger partial charge in [0.1, 0.15) is 0 Å². The second-order valence-electron chi connectivity index (χ2n) is 14.9. The van der Waals surface area contributed by atoms with Gasteiger partial charge in [0.15, 0.2) is 0 Å². The molecule has 0 amide bonds. The summed E-state index contributed by atoms with van der Waals surface area (Å²) in [6.45, 7) is 2.20. The third-order valence-electron chi connectivity index (χ3n) is 10.4. The molecule has 0 saturated heterocycles. The van der Waals surface area contributed by atoms with E-state index in [4.69, 9.17) is 5.73 Å². The average Bonchev–Trinajstić information content (AvgIpc) is 3.23. The van der Waals surface area contributed by atoms with Gasteiger partial charge in [-0.3, -0.25) is 0 Å². The van der Waals surface area contributed by atoms with Crippen LogP contribution in [0.3, 0.4) is 0 Å². The van der Waals surface area contributed by atoms with E-state index in [0.717, 1.165) is 64.2 Å². The first kappa shape index (κ1) is 39.2. The summed E-state index contributed by atoms with van der Waals surface area (Å²) in [6, 6.07) is 55.7. The van der Waals surface area contributed by atoms with Gasteiger partial charge in [-0.1, -0.05) is 201 Å². The van der Waals surface area contributed by atoms with Crippen LogP contribution in [0.15, 0.2) is 152 Å². The van der Waals surface area contributed by atoms with E-state index in [1.54, 1.807) is 0 Å². The number of nitrogens with two attached hydrogens (primary N) is 1. The van der Waals surface area contributed by atoms with Crippen LogP contribution in [0.1, 0.15) is 100 Å². The summed E-state index contributed by atoms with van der Waals surface area (Å²) in [5.74, 6) is 0. The second kappa shape index (κ2) is 21.4. The fourth-order valence-electron chi connectivity index (χ4n) is 6.98. The fraction of sp³-hybridized carbons (Fsp3) is 0.222. The minimum Gasteiger partial charge on any atom is -0.328 e. The predicted octanol–water partition coefficient (Wildman–Crippen LogP) is 13.6. The lowest BCUT2D eigenvalue weighted by Gasteiger charge is -2.09. The molecule has 6 rings (SSSR count). The van der Waals surface area contributed by atoms with E-state index in [1.807, 2.05) is 0 Å². The molecule has 55 heavy (non-hydrogen) atoms. The van der Waals surface area contributed by atoms with Crippen LogP contribution in [-0.4, -0.2) is 6.04 Å². The highest BCUT2D eigenvalue weighted by Crippen LogP contribution is 2.18. The quantitative estimate of drug-likeness (QED) is 0.0829. The molecule has 0 spiro atoms.